The molecule has 0 heterocycles. The maximum absolute atomic E-state index is 11.5. The van der Waals surface area contributed by atoms with Gasteiger partial charge in [-0.15, -0.1) is 0 Å². The first-order chi connectivity index (χ1) is 12.2. The van der Waals surface area contributed by atoms with Crippen LogP contribution >= 0.6 is 0 Å². The van der Waals surface area contributed by atoms with Crippen molar-refractivity contribution in [2.75, 3.05) is 0 Å². The van der Waals surface area contributed by atoms with Crippen LogP contribution in [0.25, 0.3) is 0 Å². The molecule has 0 amide bonds. The van der Waals surface area contributed by atoms with E-state index in [9.17, 15) is 20.1 Å². The second kappa shape index (κ2) is 5.91. The summed E-state index contributed by atoms with van der Waals surface area (Å²) in [5, 5.41) is 31.2. The summed E-state index contributed by atoms with van der Waals surface area (Å²) in [6, 6.07) is 0. The molecule has 0 spiro atoms. The fourth-order valence-electron chi connectivity index (χ4n) is 6.34. The van der Waals surface area contributed by atoms with Crippen molar-refractivity contribution in [3.63, 3.8) is 0 Å². The fourth-order valence-corrected chi connectivity index (χ4v) is 6.34. The number of rotatable bonds is 1. The molecule has 0 radical (unpaired) electrons. The van der Waals surface area contributed by atoms with Crippen molar-refractivity contribution in [2.45, 2.75) is 77.3 Å². The van der Waals surface area contributed by atoms with E-state index in [0.29, 0.717) is 25.2 Å². The highest BCUT2D eigenvalue weighted by Gasteiger charge is 2.59. The number of carbonyl (C=O) groups is 1. The van der Waals surface area contributed by atoms with E-state index >= 15 is 0 Å². The van der Waals surface area contributed by atoms with Gasteiger partial charge in [-0.05, 0) is 49.4 Å². The zero-order valence-electron chi connectivity index (χ0n) is 15.8. The lowest BCUT2D eigenvalue weighted by Gasteiger charge is -2.55. The Morgan fingerprint density at radius 1 is 1.15 bits per heavy atom. The highest BCUT2D eigenvalue weighted by atomic mass is 16.6. The van der Waals surface area contributed by atoms with Crippen LogP contribution in [0.1, 0.15) is 52.9 Å². The molecule has 5 heteroatoms. The van der Waals surface area contributed by atoms with E-state index in [2.05, 4.69) is 26.0 Å². The topological polar surface area (TPSA) is 87.0 Å². The van der Waals surface area contributed by atoms with Crippen molar-refractivity contribution in [3.8, 4) is 0 Å². The van der Waals surface area contributed by atoms with Crippen LogP contribution in [-0.4, -0.2) is 45.7 Å². The first kappa shape index (κ1) is 18.2. The number of aliphatic hydroxyl groups excluding tert-OH is 3. The van der Waals surface area contributed by atoms with E-state index in [-0.39, 0.29) is 22.7 Å². The quantitative estimate of drug-likeness (QED) is 0.622. The molecule has 0 aromatic rings. The molecular formula is C21H30O5. The number of hydrogen-bond acceptors (Lipinski definition) is 5. The van der Waals surface area contributed by atoms with Gasteiger partial charge in [-0.2, -0.15) is 0 Å². The first-order valence-corrected chi connectivity index (χ1v) is 9.79. The van der Waals surface area contributed by atoms with Crippen molar-refractivity contribution in [3.05, 3.63) is 23.3 Å². The summed E-state index contributed by atoms with van der Waals surface area (Å²) in [6.45, 7) is 5.72. The Balaban J connectivity index is 1.68. The van der Waals surface area contributed by atoms with Crippen LogP contribution in [0, 0.1) is 22.7 Å². The van der Waals surface area contributed by atoms with Crippen molar-refractivity contribution in [1.29, 1.82) is 0 Å². The number of allylic oxidation sites excluding steroid dienone is 3. The minimum atomic E-state index is -0.672. The van der Waals surface area contributed by atoms with Gasteiger partial charge in [0.2, 0.25) is 0 Å². The van der Waals surface area contributed by atoms with Crippen molar-refractivity contribution >= 4 is 5.97 Å². The summed E-state index contributed by atoms with van der Waals surface area (Å²) in [4.78, 5) is 11.5. The molecule has 0 bridgehead atoms. The number of fused-ring (bicyclic) bond motifs is 5. The van der Waals surface area contributed by atoms with Gasteiger partial charge in [0.15, 0.2) is 0 Å². The Morgan fingerprint density at radius 3 is 2.58 bits per heavy atom. The van der Waals surface area contributed by atoms with Gasteiger partial charge < -0.3 is 20.1 Å². The number of aliphatic hydroxyl groups is 3. The van der Waals surface area contributed by atoms with E-state index in [4.69, 9.17) is 4.74 Å². The minimum Gasteiger partial charge on any atom is -0.460 e. The van der Waals surface area contributed by atoms with Gasteiger partial charge in [0.25, 0.3) is 0 Å². The fraction of sp³-hybridized carbons (Fsp3) is 0.762. The molecule has 5 nitrogen and oxygen atoms in total. The molecule has 0 saturated heterocycles. The largest absolute Gasteiger partial charge is 0.460 e. The Kier molecular flexibility index (Phi) is 4.14. The molecule has 0 unspecified atom stereocenters. The number of ether oxygens (including phenoxy) is 1. The number of hydrogen-bond donors (Lipinski definition) is 3. The average molecular weight is 362 g/mol. The van der Waals surface area contributed by atoms with Gasteiger partial charge in [-0.25, -0.2) is 0 Å². The molecule has 3 saturated carbocycles. The van der Waals surface area contributed by atoms with E-state index in [1.54, 1.807) is 0 Å². The third kappa shape index (κ3) is 2.44. The smallest absolute Gasteiger partial charge is 0.302 e. The third-order valence-electron chi connectivity index (χ3n) is 7.87. The van der Waals surface area contributed by atoms with Crippen LogP contribution < -0.4 is 0 Å². The molecule has 144 valence electrons. The molecule has 3 fully saturated rings. The predicted molar refractivity (Wildman–Crippen MR) is 96.0 cm³/mol. The normalized spacial score (nSPS) is 50.1. The van der Waals surface area contributed by atoms with Crippen LogP contribution in [0.4, 0.5) is 0 Å². The van der Waals surface area contributed by atoms with E-state index in [1.807, 2.05) is 0 Å². The Morgan fingerprint density at radius 2 is 1.88 bits per heavy atom. The lowest BCUT2D eigenvalue weighted by atomic mass is 9.51. The maximum Gasteiger partial charge on any atom is 0.302 e. The van der Waals surface area contributed by atoms with Gasteiger partial charge in [-0.1, -0.05) is 37.1 Å². The van der Waals surface area contributed by atoms with Crippen molar-refractivity contribution in [1.82, 2.24) is 0 Å². The van der Waals surface area contributed by atoms with Crippen LogP contribution in [0.15, 0.2) is 23.3 Å². The summed E-state index contributed by atoms with van der Waals surface area (Å²) in [5.74, 6) is 0.137. The summed E-state index contributed by atoms with van der Waals surface area (Å²) >= 11 is 0. The molecule has 4 aliphatic carbocycles. The SMILES string of the molecule is CC(=O)O[C@H]1C[C@@]2(C)C(=CC=C3[C@@H]4C[C@@H](O)[C@H](O)[C@@]4(C)CC[C@@H]32)C[C@H]1O. The Hall–Kier alpha value is -1.17. The first-order valence-electron chi connectivity index (χ1n) is 9.79. The highest BCUT2D eigenvalue weighted by Crippen LogP contribution is 2.63. The maximum atomic E-state index is 11.5. The van der Waals surface area contributed by atoms with Gasteiger partial charge in [-0.3, -0.25) is 4.79 Å². The monoisotopic (exact) mass is 362 g/mol. The molecule has 0 aromatic carbocycles. The van der Waals surface area contributed by atoms with Gasteiger partial charge in [0.1, 0.15) is 6.10 Å². The number of carbonyl (C=O) groups excluding carboxylic acids is 1. The highest BCUT2D eigenvalue weighted by molar-refractivity contribution is 5.66. The Labute approximate surface area is 154 Å². The summed E-state index contributed by atoms with van der Waals surface area (Å²) in [7, 11) is 0. The van der Waals surface area contributed by atoms with Crippen LogP contribution in [0.2, 0.25) is 0 Å². The predicted octanol–water partition coefficient (Wildman–Crippen LogP) is 2.10. The lowest BCUT2D eigenvalue weighted by Crippen LogP contribution is -2.51. The molecule has 26 heavy (non-hydrogen) atoms. The van der Waals surface area contributed by atoms with Gasteiger partial charge >= 0.3 is 5.97 Å². The standard InChI is InChI=1S/C21H30O5/c1-11(22)26-18-10-21(3)12(8-16(18)23)4-5-13-14(21)6-7-20(2)15(13)9-17(24)19(20)25/h4-5,14-19,23-25H,6-10H2,1-3H3/t14-,15-,16+,17+,18-,19-,20-,21-/m0/s1. The number of esters is 1. The molecule has 0 aromatic heterocycles. The van der Waals surface area contributed by atoms with Crippen LogP contribution in [-0.2, 0) is 9.53 Å². The molecular weight excluding hydrogens is 332 g/mol. The van der Waals surface area contributed by atoms with Gasteiger partial charge in [0, 0.05) is 12.3 Å². The lowest BCUT2D eigenvalue weighted by molar-refractivity contribution is -0.157. The Bertz CT molecular complexity index is 682. The molecule has 8 atom stereocenters. The van der Waals surface area contributed by atoms with Crippen molar-refractivity contribution in [2.24, 2.45) is 22.7 Å². The molecule has 4 aliphatic rings. The molecule has 4 rings (SSSR count). The minimum absolute atomic E-state index is 0.150. The van der Waals surface area contributed by atoms with Gasteiger partial charge in [0.05, 0.1) is 18.3 Å². The summed E-state index contributed by atoms with van der Waals surface area (Å²) in [6.07, 6.45) is 5.42. The molecule has 0 aliphatic heterocycles. The molecule has 3 N–H and O–H groups in total. The zero-order chi connectivity index (χ0) is 18.9. The second-order valence-electron chi connectivity index (χ2n) is 9.30. The zero-order valence-corrected chi connectivity index (χ0v) is 15.8. The van der Waals surface area contributed by atoms with E-state index < -0.39 is 24.4 Å². The van der Waals surface area contributed by atoms with E-state index in [1.165, 1.54) is 18.1 Å². The summed E-state index contributed by atoms with van der Waals surface area (Å²) in [5.41, 5.74) is 2.12. The second-order valence-corrected chi connectivity index (χ2v) is 9.30. The third-order valence-corrected chi connectivity index (χ3v) is 7.87. The van der Waals surface area contributed by atoms with E-state index in [0.717, 1.165) is 12.8 Å². The van der Waals surface area contributed by atoms with Crippen LogP contribution in [0.3, 0.4) is 0 Å². The van der Waals surface area contributed by atoms with Crippen molar-refractivity contribution < 1.29 is 24.9 Å². The summed E-state index contributed by atoms with van der Waals surface area (Å²) < 4.78 is 5.42. The van der Waals surface area contributed by atoms with Crippen LogP contribution in [0.5, 0.6) is 0 Å². The average Bonchev–Trinajstić information content (AvgIpc) is 2.79.